The van der Waals surface area contributed by atoms with E-state index in [1.54, 1.807) is 0 Å². The first-order valence-corrected chi connectivity index (χ1v) is 9.21. The number of imidazole rings is 1. The molecule has 0 unspecified atom stereocenters. The Bertz CT molecular complexity index is 842. The van der Waals surface area contributed by atoms with Crippen LogP contribution >= 0.6 is 0 Å². The number of H-pyrrole nitrogens is 2. The minimum absolute atomic E-state index is 0.0227. The first-order chi connectivity index (χ1) is 12.3. The van der Waals surface area contributed by atoms with Crippen molar-refractivity contribution in [3.8, 4) is 11.4 Å². The van der Waals surface area contributed by atoms with E-state index in [-0.39, 0.29) is 5.91 Å². The number of nitrogens with one attached hydrogen (secondary N) is 3. The molecule has 1 aromatic heterocycles. The fraction of sp³-hybridized carbons (Fsp3) is 0.333. The first-order valence-electron chi connectivity index (χ1n) is 9.21. The first kappa shape index (κ1) is 15.9. The predicted octanol–water partition coefficient (Wildman–Crippen LogP) is 4.10. The summed E-state index contributed by atoms with van der Waals surface area (Å²) < 4.78 is 0. The zero-order chi connectivity index (χ0) is 17.1. The van der Waals surface area contributed by atoms with E-state index in [0.29, 0.717) is 6.04 Å². The molecule has 0 aliphatic heterocycles. The van der Waals surface area contributed by atoms with Crippen LogP contribution in [0.3, 0.4) is 0 Å². The lowest BCUT2D eigenvalue weighted by atomic mass is 10.0. The number of hydrogen-bond acceptors (Lipinski definition) is 1. The topological polar surface area (TPSA) is 59.0 Å². The molecule has 0 bridgehead atoms. The van der Waals surface area contributed by atoms with Gasteiger partial charge in [0.2, 0.25) is 0 Å². The summed E-state index contributed by atoms with van der Waals surface area (Å²) in [6.07, 6.45) is 7.17. The normalized spacial score (nSPS) is 15.8. The fourth-order valence-electron chi connectivity index (χ4n) is 3.72. The summed E-state index contributed by atoms with van der Waals surface area (Å²) in [5, 5.41) is 3.25. The standard InChI is InChI=1S/C21H23N3O/c25-21(22-15-9-3-1-2-4-10-15)17-12-6-5-11-16(17)20-23-18-13-7-8-14-19(18)24-20/h5-8,11-15H,1-4,9-10H2,(H,22,25)(H,23,24)/p+1. The molecule has 0 spiro atoms. The van der Waals surface area contributed by atoms with Crippen LogP contribution in [0, 0.1) is 0 Å². The number of carbonyl (C=O) groups is 1. The Morgan fingerprint density at radius 1 is 0.960 bits per heavy atom. The summed E-state index contributed by atoms with van der Waals surface area (Å²) in [5.74, 6) is 0.891. The maximum Gasteiger partial charge on any atom is 0.286 e. The van der Waals surface area contributed by atoms with Crippen molar-refractivity contribution in [3.63, 3.8) is 0 Å². The van der Waals surface area contributed by atoms with Crippen LogP contribution in [0.5, 0.6) is 0 Å². The molecule has 3 aromatic rings. The minimum Gasteiger partial charge on any atom is -0.349 e. The molecule has 128 valence electrons. The Kier molecular flexibility index (Phi) is 4.51. The number of aromatic nitrogens is 2. The van der Waals surface area contributed by atoms with E-state index in [0.717, 1.165) is 40.8 Å². The van der Waals surface area contributed by atoms with E-state index < -0.39 is 0 Å². The van der Waals surface area contributed by atoms with Gasteiger partial charge in [-0.1, -0.05) is 49.9 Å². The van der Waals surface area contributed by atoms with Crippen LogP contribution in [-0.4, -0.2) is 16.9 Å². The van der Waals surface area contributed by atoms with E-state index in [9.17, 15) is 4.79 Å². The summed E-state index contributed by atoms with van der Waals surface area (Å²) in [7, 11) is 0. The van der Waals surface area contributed by atoms with Gasteiger partial charge in [-0.2, -0.15) is 0 Å². The quantitative estimate of drug-likeness (QED) is 0.696. The Labute approximate surface area is 147 Å². The number of benzene rings is 2. The largest absolute Gasteiger partial charge is 0.349 e. The van der Waals surface area contributed by atoms with Crippen molar-refractivity contribution in [1.82, 2.24) is 10.3 Å². The van der Waals surface area contributed by atoms with Crippen molar-refractivity contribution in [2.75, 3.05) is 0 Å². The van der Waals surface area contributed by atoms with Gasteiger partial charge in [-0.25, -0.2) is 9.97 Å². The smallest absolute Gasteiger partial charge is 0.286 e. The Hall–Kier alpha value is -2.62. The summed E-state index contributed by atoms with van der Waals surface area (Å²) in [6, 6.07) is 16.2. The average molecular weight is 334 g/mol. The molecule has 1 aliphatic rings. The molecule has 2 aromatic carbocycles. The maximum atomic E-state index is 12.9. The number of para-hydroxylation sites is 2. The number of rotatable bonds is 3. The van der Waals surface area contributed by atoms with Gasteiger partial charge in [-0.05, 0) is 37.1 Å². The van der Waals surface area contributed by atoms with E-state index in [1.165, 1.54) is 25.7 Å². The van der Waals surface area contributed by atoms with Crippen molar-refractivity contribution in [3.05, 3.63) is 54.1 Å². The highest BCUT2D eigenvalue weighted by molar-refractivity contribution is 6.00. The molecular weight excluding hydrogens is 310 g/mol. The third-order valence-corrected chi connectivity index (χ3v) is 5.08. The molecule has 1 heterocycles. The zero-order valence-electron chi connectivity index (χ0n) is 14.3. The molecule has 1 fully saturated rings. The van der Waals surface area contributed by atoms with Crippen molar-refractivity contribution < 1.29 is 9.78 Å². The van der Waals surface area contributed by atoms with Crippen molar-refractivity contribution in [2.24, 2.45) is 0 Å². The van der Waals surface area contributed by atoms with Gasteiger partial charge < -0.3 is 5.32 Å². The molecular formula is C21H24N3O+. The summed E-state index contributed by atoms with van der Waals surface area (Å²) in [6.45, 7) is 0. The average Bonchev–Trinajstić information content (AvgIpc) is 2.92. The highest BCUT2D eigenvalue weighted by Crippen LogP contribution is 2.22. The van der Waals surface area contributed by atoms with Gasteiger partial charge in [-0.3, -0.25) is 4.79 Å². The van der Waals surface area contributed by atoms with Crippen molar-refractivity contribution >= 4 is 16.9 Å². The molecule has 3 N–H and O–H groups in total. The molecule has 25 heavy (non-hydrogen) atoms. The molecule has 0 saturated heterocycles. The lowest BCUT2D eigenvalue weighted by Crippen LogP contribution is -2.34. The number of fused-ring (bicyclic) bond motifs is 1. The van der Waals surface area contributed by atoms with E-state index in [1.807, 2.05) is 48.5 Å². The molecule has 0 radical (unpaired) electrons. The molecule has 0 atom stereocenters. The van der Waals surface area contributed by atoms with Gasteiger partial charge in [0.25, 0.3) is 11.7 Å². The molecule has 4 rings (SSSR count). The molecule has 4 heteroatoms. The van der Waals surface area contributed by atoms with Gasteiger partial charge in [0.05, 0.1) is 11.1 Å². The SMILES string of the molecule is O=C(NC1CCCCCC1)c1ccccc1-c1[nH]c2ccccc2[nH+]1. The highest BCUT2D eigenvalue weighted by atomic mass is 16.1. The van der Waals surface area contributed by atoms with Crippen LogP contribution in [-0.2, 0) is 0 Å². The van der Waals surface area contributed by atoms with Crippen molar-refractivity contribution in [1.29, 1.82) is 0 Å². The number of amides is 1. The summed E-state index contributed by atoms with van der Waals surface area (Å²) in [4.78, 5) is 19.7. The third kappa shape index (κ3) is 3.43. The third-order valence-electron chi connectivity index (χ3n) is 5.08. The van der Waals surface area contributed by atoms with Gasteiger partial charge in [0.15, 0.2) is 11.0 Å². The zero-order valence-corrected chi connectivity index (χ0v) is 14.3. The summed E-state index contributed by atoms with van der Waals surface area (Å²) >= 11 is 0. The lowest BCUT2D eigenvalue weighted by Gasteiger charge is -2.16. The van der Waals surface area contributed by atoms with E-state index in [4.69, 9.17) is 0 Å². The van der Waals surface area contributed by atoms with Crippen LogP contribution in [0.25, 0.3) is 22.4 Å². The number of aromatic amines is 2. The van der Waals surface area contributed by atoms with Crippen LogP contribution < -0.4 is 10.3 Å². The minimum atomic E-state index is 0.0227. The molecule has 1 saturated carbocycles. The predicted molar refractivity (Wildman–Crippen MR) is 99.2 cm³/mol. The van der Waals surface area contributed by atoms with E-state index >= 15 is 0 Å². The van der Waals surface area contributed by atoms with Gasteiger partial charge in [-0.15, -0.1) is 0 Å². The van der Waals surface area contributed by atoms with Crippen LogP contribution in [0.15, 0.2) is 48.5 Å². The second-order valence-electron chi connectivity index (χ2n) is 6.88. The van der Waals surface area contributed by atoms with Crippen LogP contribution in [0.1, 0.15) is 48.9 Å². The number of hydrogen-bond donors (Lipinski definition) is 2. The Morgan fingerprint density at radius 3 is 2.48 bits per heavy atom. The Morgan fingerprint density at radius 2 is 1.68 bits per heavy atom. The highest BCUT2D eigenvalue weighted by Gasteiger charge is 2.21. The lowest BCUT2D eigenvalue weighted by molar-refractivity contribution is -0.330. The van der Waals surface area contributed by atoms with Crippen LogP contribution in [0.4, 0.5) is 0 Å². The van der Waals surface area contributed by atoms with Crippen LogP contribution in [0.2, 0.25) is 0 Å². The Balaban J connectivity index is 1.63. The molecule has 4 nitrogen and oxygen atoms in total. The van der Waals surface area contributed by atoms with Gasteiger partial charge in [0, 0.05) is 6.04 Å². The van der Waals surface area contributed by atoms with E-state index in [2.05, 4.69) is 15.3 Å². The van der Waals surface area contributed by atoms with Gasteiger partial charge in [0.1, 0.15) is 0 Å². The maximum absolute atomic E-state index is 12.9. The summed E-state index contributed by atoms with van der Waals surface area (Å²) in [5.41, 5.74) is 3.70. The van der Waals surface area contributed by atoms with Crippen molar-refractivity contribution in [2.45, 2.75) is 44.6 Å². The monoisotopic (exact) mass is 334 g/mol. The second-order valence-corrected chi connectivity index (χ2v) is 6.88. The second kappa shape index (κ2) is 7.09. The number of carbonyl (C=O) groups excluding carboxylic acids is 1. The fourth-order valence-corrected chi connectivity index (χ4v) is 3.72. The molecule has 1 aliphatic carbocycles. The van der Waals surface area contributed by atoms with Gasteiger partial charge >= 0.3 is 0 Å². The molecule has 1 amide bonds.